The van der Waals surface area contributed by atoms with Gasteiger partial charge < -0.3 is 19.9 Å². The fourth-order valence-electron chi connectivity index (χ4n) is 4.00. The molecule has 8 heteroatoms. The summed E-state index contributed by atoms with van der Waals surface area (Å²) in [6, 6.07) is 12.9. The first-order chi connectivity index (χ1) is 15.6. The number of rotatable bonds is 8. The van der Waals surface area contributed by atoms with Crippen molar-refractivity contribution in [3.8, 4) is 5.75 Å². The maximum absolute atomic E-state index is 12.9. The number of likely N-dealkylation sites (N-methyl/N-ethyl adjacent to an activating group) is 1. The molecule has 0 unspecified atom stereocenters. The molecule has 0 bridgehead atoms. The number of H-pyrrole nitrogens is 1. The van der Waals surface area contributed by atoms with E-state index in [4.69, 9.17) is 4.74 Å². The van der Waals surface area contributed by atoms with Gasteiger partial charge in [0.15, 0.2) is 0 Å². The van der Waals surface area contributed by atoms with Crippen molar-refractivity contribution in [1.82, 2.24) is 9.88 Å². The Labute approximate surface area is 204 Å². The summed E-state index contributed by atoms with van der Waals surface area (Å²) in [7, 11) is 0. The molecule has 2 aromatic carbocycles. The highest BCUT2D eigenvalue weighted by atomic mass is 35.5. The van der Waals surface area contributed by atoms with E-state index in [2.05, 4.69) is 29.0 Å². The summed E-state index contributed by atoms with van der Waals surface area (Å²) in [6.45, 7) is 7.83. The maximum Gasteiger partial charge on any atom is 0.255 e. The molecular formula is C25H30ClN3O3S. The van der Waals surface area contributed by atoms with Crippen LogP contribution in [0.25, 0.3) is 10.9 Å². The lowest BCUT2D eigenvalue weighted by molar-refractivity contribution is 0.102. The van der Waals surface area contributed by atoms with Crippen LogP contribution in [-0.2, 0) is 12.2 Å². The van der Waals surface area contributed by atoms with Crippen molar-refractivity contribution >= 4 is 46.7 Å². The molecule has 1 amide bonds. The van der Waals surface area contributed by atoms with Crippen molar-refractivity contribution in [2.45, 2.75) is 26.0 Å². The highest BCUT2D eigenvalue weighted by molar-refractivity contribution is 7.98. The van der Waals surface area contributed by atoms with Crippen LogP contribution in [0.1, 0.15) is 35.3 Å². The van der Waals surface area contributed by atoms with E-state index in [-0.39, 0.29) is 23.9 Å². The number of nitrogens with one attached hydrogen (secondary N) is 2. The molecule has 0 spiro atoms. The molecule has 33 heavy (non-hydrogen) atoms. The molecule has 1 aliphatic rings. The summed E-state index contributed by atoms with van der Waals surface area (Å²) >= 11 is 1.77. The van der Waals surface area contributed by atoms with Gasteiger partial charge in [-0.1, -0.05) is 13.8 Å². The number of ether oxygens (including phenoxy) is 1. The van der Waals surface area contributed by atoms with Crippen molar-refractivity contribution < 1.29 is 9.53 Å². The number of amides is 1. The summed E-state index contributed by atoms with van der Waals surface area (Å²) in [5, 5.41) is 3.92. The Morgan fingerprint density at radius 1 is 1.12 bits per heavy atom. The molecule has 1 aliphatic heterocycles. The fourth-order valence-corrected chi connectivity index (χ4v) is 5.00. The lowest BCUT2D eigenvalue weighted by Gasteiger charge is -2.18. The molecule has 0 atom stereocenters. The number of nitrogens with zero attached hydrogens (tertiary/aromatic N) is 1. The highest BCUT2D eigenvalue weighted by Gasteiger charge is 2.18. The average molecular weight is 488 g/mol. The monoisotopic (exact) mass is 487 g/mol. The minimum absolute atomic E-state index is 0. The van der Waals surface area contributed by atoms with E-state index in [1.807, 2.05) is 36.4 Å². The summed E-state index contributed by atoms with van der Waals surface area (Å²) in [6.07, 6.45) is 0.848. The highest BCUT2D eigenvalue weighted by Crippen LogP contribution is 2.28. The molecule has 0 fully saturated rings. The minimum Gasteiger partial charge on any atom is -0.492 e. The van der Waals surface area contributed by atoms with Crippen molar-refractivity contribution in [2.75, 3.05) is 37.3 Å². The number of aromatic amines is 1. The van der Waals surface area contributed by atoms with Gasteiger partial charge in [-0.3, -0.25) is 9.59 Å². The smallest absolute Gasteiger partial charge is 0.255 e. The minimum atomic E-state index is -0.174. The molecular weight excluding hydrogens is 458 g/mol. The second-order valence-corrected chi connectivity index (χ2v) is 8.93. The SMILES string of the molecule is CCN(CC)CCOc1ccc(NC(=O)c2ccc3[nH]c(=O)c4c(c3c2)CCSC4)cc1.Cl. The molecule has 0 saturated carbocycles. The summed E-state index contributed by atoms with van der Waals surface area (Å²) in [5.74, 6) is 2.33. The van der Waals surface area contributed by atoms with E-state index in [0.29, 0.717) is 17.9 Å². The Bertz CT molecular complexity index is 1160. The number of halogens is 1. The number of aromatic nitrogens is 1. The van der Waals surface area contributed by atoms with Gasteiger partial charge in [0.2, 0.25) is 0 Å². The van der Waals surface area contributed by atoms with Gasteiger partial charge in [-0.15, -0.1) is 12.4 Å². The van der Waals surface area contributed by atoms with Crippen LogP contribution in [0.3, 0.4) is 0 Å². The van der Waals surface area contributed by atoms with Crippen LogP contribution in [-0.4, -0.2) is 47.8 Å². The van der Waals surface area contributed by atoms with Gasteiger partial charge in [0.05, 0.1) is 0 Å². The molecule has 1 aromatic heterocycles. The van der Waals surface area contributed by atoms with E-state index in [1.54, 1.807) is 17.8 Å². The van der Waals surface area contributed by atoms with Crippen molar-refractivity contribution in [3.63, 3.8) is 0 Å². The first-order valence-corrected chi connectivity index (χ1v) is 12.3. The normalized spacial score (nSPS) is 12.8. The third kappa shape index (κ3) is 5.91. The molecule has 4 rings (SSSR count). The topological polar surface area (TPSA) is 74.4 Å². The van der Waals surface area contributed by atoms with Crippen molar-refractivity contribution in [1.29, 1.82) is 0 Å². The molecule has 3 aromatic rings. The van der Waals surface area contributed by atoms with Crippen LogP contribution in [0.5, 0.6) is 5.75 Å². The summed E-state index contributed by atoms with van der Waals surface area (Å²) in [5.41, 5.74) is 3.96. The van der Waals surface area contributed by atoms with Crippen LogP contribution >= 0.6 is 24.2 Å². The molecule has 0 aliphatic carbocycles. The fraction of sp³-hybridized carbons (Fsp3) is 0.360. The Hall–Kier alpha value is -2.48. The van der Waals surface area contributed by atoms with Gasteiger partial charge in [0.1, 0.15) is 12.4 Å². The number of fused-ring (bicyclic) bond motifs is 3. The molecule has 2 heterocycles. The second kappa shape index (κ2) is 11.6. The van der Waals surface area contributed by atoms with E-state index >= 15 is 0 Å². The third-order valence-electron chi connectivity index (χ3n) is 5.92. The number of aryl methyl sites for hydroxylation is 1. The van der Waals surface area contributed by atoms with Crippen LogP contribution in [0.4, 0.5) is 5.69 Å². The Balaban J connectivity index is 0.00000306. The van der Waals surface area contributed by atoms with E-state index in [9.17, 15) is 9.59 Å². The second-order valence-electron chi connectivity index (χ2n) is 7.83. The molecule has 0 saturated heterocycles. The Kier molecular flexibility index (Phi) is 8.83. The number of carbonyl (C=O) groups excluding carboxylic acids is 1. The lowest BCUT2D eigenvalue weighted by atomic mass is 9.99. The van der Waals surface area contributed by atoms with Gasteiger partial charge in [0.25, 0.3) is 11.5 Å². The van der Waals surface area contributed by atoms with Crippen LogP contribution < -0.4 is 15.6 Å². The quantitative estimate of drug-likeness (QED) is 0.481. The van der Waals surface area contributed by atoms with Crippen LogP contribution in [0, 0.1) is 0 Å². The largest absolute Gasteiger partial charge is 0.492 e. The Morgan fingerprint density at radius 2 is 1.88 bits per heavy atom. The number of benzene rings is 2. The standard InChI is InChI=1S/C25H29N3O3S.ClH/c1-3-28(4-2)12-13-31-19-8-6-18(7-9-19)26-24(29)17-5-10-23-21(15-17)20-11-14-32-16-22(20)25(30)27-23;/h5-10,15H,3-4,11-14,16H2,1-2H3,(H,26,29)(H,27,30);1H. The number of carbonyl (C=O) groups is 1. The molecule has 6 nitrogen and oxygen atoms in total. The molecule has 0 radical (unpaired) electrons. The average Bonchev–Trinajstić information content (AvgIpc) is 2.83. The van der Waals surface area contributed by atoms with Crippen molar-refractivity contribution in [3.05, 3.63) is 69.5 Å². The number of pyridine rings is 1. The summed E-state index contributed by atoms with van der Waals surface area (Å²) < 4.78 is 5.81. The lowest BCUT2D eigenvalue weighted by Crippen LogP contribution is -2.27. The summed E-state index contributed by atoms with van der Waals surface area (Å²) in [4.78, 5) is 30.5. The zero-order chi connectivity index (χ0) is 22.5. The molecule has 2 N–H and O–H groups in total. The van der Waals surface area contributed by atoms with Crippen molar-refractivity contribution in [2.24, 2.45) is 0 Å². The number of hydrogen-bond donors (Lipinski definition) is 2. The number of thioether (sulfide) groups is 1. The van der Waals surface area contributed by atoms with Crippen LogP contribution in [0.2, 0.25) is 0 Å². The van der Waals surface area contributed by atoms with Gasteiger partial charge in [0, 0.05) is 40.0 Å². The van der Waals surface area contributed by atoms with E-state index < -0.39 is 0 Å². The first-order valence-electron chi connectivity index (χ1n) is 11.1. The van der Waals surface area contributed by atoms with Gasteiger partial charge in [-0.25, -0.2) is 0 Å². The number of hydrogen-bond acceptors (Lipinski definition) is 5. The third-order valence-corrected chi connectivity index (χ3v) is 6.90. The zero-order valence-corrected chi connectivity index (χ0v) is 20.6. The van der Waals surface area contributed by atoms with Gasteiger partial charge in [-0.2, -0.15) is 11.8 Å². The first kappa shape index (κ1) is 25.1. The van der Waals surface area contributed by atoms with Gasteiger partial charge >= 0.3 is 0 Å². The Morgan fingerprint density at radius 3 is 2.61 bits per heavy atom. The van der Waals surface area contributed by atoms with E-state index in [0.717, 1.165) is 65.3 Å². The maximum atomic E-state index is 12.9. The zero-order valence-electron chi connectivity index (χ0n) is 19.0. The van der Waals surface area contributed by atoms with Crippen LogP contribution in [0.15, 0.2) is 47.3 Å². The van der Waals surface area contributed by atoms with E-state index in [1.165, 1.54) is 0 Å². The van der Waals surface area contributed by atoms with Gasteiger partial charge in [-0.05, 0) is 73.3 Å². The molecule has 176 valence electrons. The predicted molar refractivity (Wildman–Crippen MR) is 139 cm³/mol. The number of anilines is 1. The predicted octanol–water partition coefficient (Wildman–Crippen LogP) is 4.71.